The van der Waals surface area contributed by atoms with E-state index in [9.17, 15) is 0 Å². The van der Waals surface area contributed by atoms with E-state index >= 15 is 0 Å². The van der Waals surface area contributed by atoms with Gasteiger partial charge in [0.1, 0.15) is 5.82 Å². The summed E-state index contributed by atoms with van der Waals surface area (Å²) in [6.07, 6.45) is 0. The lowest BCUT2D eigenvalue weighted by Crippen LogP contribution is -2.10. The molecule has 4 rings (SSSR count). The molecule has 1 aromatic heterocycles. The Morgan fingerprint density at radius 2 is 1.48 bits per heavy atom. The van der Waals surface area contributed by atoms with Gasteiger partial charge in [0.05, 0.1) is 22.8 Å². The Kier molecular flexibility index (Phi) is 4.57. The van der Waals surface area contributed by atoms with Crippen LogP contribution in [0.15, 0.2) is 89.8 Å². The molecule has 1 unspecified atom stereocenters. The highest BCUT2D eigenvalue weighted by molar-refractivity contribution is 7.98. The van der Waals surface area contributed by atoms with Gasteiger partial charge in [-0.15, -0.1) is 11.8 Å². The van der Waals surface area contributed by atoms with E-state index in [0.717, 1.165) is 17.1 Å². The van der Waals surface area contributed by atoms with Crippen LogP contribution in [0.25, 0.3) is 11.0 Å². The summed E-state index contributed by atoms with van der Waals surface area (Å²) in [6, 6.07) is 29.8. The predicted octanol–water partition coefficient (Wildman–Crippen LogP) is 5.94. The molecule has 0 fully saturated rings. The SMILES string of the molecule is CC(c1ccccc1)n1c(CSc2ccccc2)nc2ccccc21. The molecule has 2 nitrogen and oxygen atoms in total. The third-order valence-corrected chi connectivity index (χ3v) is 5.46. The highest BCUT2D eigenvalue weighted by atomic mass is 32.2. The molecule has 0 aliphatic carbocycles. The van der Waals surface area contributed by atoms with Crippen LogP contribution in [0.5, 0.6) is 0 Å². The smallest absolute Gasteiger partial charge is 0.120 e. The summed E-state index contributed by atoms with van der Waals surface area (Å²) in [5.74, 6) is 1.97. The topological polar surface area (TPSA) is 17.8 Å². The molecule has 0 aliphatic rings. The number of nitrogens with zero attached hydrogens (tertiary/aromatic N) is 2. The monoisotopic (exact) mass is 344 g/mol. The number of fused-ring (bicyclic) bond motifs is 1. The average Bonchev–Trinajstić information content (AvgIpc) is 3.05. The number of rotatable bonds is 5. The minimum absolute atomic E-state index is 0.250. The maximum Gasteiger partial charge on any atom is 0.120 e. The van der Waals surface area contributed by atoms with Gasteiger partial charge >= 0.3 is 0 Å². The molecular weight excluding hydrogens is 324 g/mol. The van der Waals surface area contributed by atoms with Crippen molar-refractivity contribution in [2.24, 2.45) is 0 Å². The largest absolute Gasteiger partial charge is 0.320 e. The lowest BCUT2D eigenvalue weighted by atomic mass is 10.1. The summed E-state index contributed by atoms with van der Waals surface area (Å²) in [5.41, 5.74) is 3.56. The molecule has 3 heteroatoms. The second-order valence-electron chi connectivity index (χ2n) is 6.08. The van der Waals surface area contributed by atoms with Gasteiger partial charge in [0.15, 0.2) is 0 Å². The Labute approximate surface area is 152 Å². The number of hydrogen-bond acceptors (Lipinski definition) is 2. The van der Waals surface area contributed by atoms with Gasteiger partial charge in [0.2, 0.25) is 0 Å². The molecular formula is C22H20N2S. The van der Waals surface area contributed by atoms with E-state index in [0.29, 0.717) is 0 Å². The third-order valence-electron chi connectivity index (χ3n) is 4.45. The van der Waals surface area contributed by atoms with Gasteiger partial charge in [-0.05, 0) is 36.8 Å². The van der Waals surface area contributed by atoms with E-state index < -0.39 is 0 Å². The van der Waals surface area contributed by atoms with Crippen LogP contribution in [0.4, 0.5) is 0 Å². The molecule has 4 aromatic rings. The zero-order chi connectivity index (χ0) is 17.1. The minimum Gasteiger partial charge on any atom is -0.320 e. The first kappa shape index (κ1) is 16.0. The fourth-order valence-corrected chi connectivity index (χ4v) is 4.02. The molecule has 0 radical (unpaired) electrons. The number of aromatic nitrogens is 2. The van der Waals surface area contributed by atoms with E-state index in [-0.39, 0.29) is 6.04 Å². The number of para-hydroxylation sites is 2. The van der Waals surface area contributed by atoms with Gasteiger partial charge in [-0.1, -0.05) is 60.7 Å². The Morgan fingerprint density at radius 3 is 2.24 bits per heavy atom. The van der Waals surface area contributed by atoms with Crippen molar-refractivity contribution in [3.63, 3.8) is 0 Å². The Balaban J connectivity index is 1.73. The van der Waals surface area contributed by atoms with Gasteiger partial charge in [0.25, 0.3) is 0 Å². The van der Waals surface area contributed by atoms with Gasteiger partial charge in [0, 0.05) is 4.90 Å². The first-order chi connectivity index (χ1) is 12.3. The lowest BCUT2D eigenvalue weighted by Gasteiger charge is -2.18. The van der Waals surface area contributed by atoms with Gasteiger partial charge in [-0.2, -0.15) is 0 Å². The highest BCUT2D eigenvalue weighted by Crippen LogP contribution is 2.29. The number of hydrogen-bond donors (Lipinski definition) is 0. The first-order valence-electron chi connectivity index (χ1n) is 8.51. The number of imidazole rings is 1. The summed E-state index contributed by atoms with van der Waals surface area (Å²) >= 11 is 1.83. The van der Waals surface area contributed by atoms with Crippen LogP contribution in [0.2, 0.25) is 0 Å². The van der Waals surface area contributed by atoms with Crippen LogP contribution in [-0.4, -0.2) is 9.55 Å². The molecule has 25 heavy (non-hydrogen) atoms. The van der Waals surface area contributed by atoms with E-state index in [4.69, 9.17) is 4.98 Å². The van der Waals surface area contributed by atoms with Gasteiger partial charge in [-0.25, -0.2) is 4.98 Å². The predicted molar refractivity (Wildman–Crippen MR) is 106 cm³/mol. The Hall–Kier alpha value is -2.52. The Morgan fingerprint density at radius 1 is 0.840 bits per heavy atom. The van der Waals surface area contributed by atoms with Crippen molar-refractivity contribution >= 4 is 22.8 Å². The molecule has 1 atom stereocenters. The standard InChI is InChI=1S/C22H20N2S/c1-17(18-10-4-2-5-11-18)24-21-15-9-8-14-20(21)23-22(24)16-25-19-12-6-3-7-13-19/h2-15,17H,16H2,1H3. The van der Waals surface area contributed by atoms with Crippen molar-refractivity contribution in [2.45, 2.75) is 23.6 Å². The van der Waals surface area contributed by atoms with Crippen molar-refractivity contribution in [3.8, 4) is 0 Å². The Bertz CT molecular complexity index is 961. The molecule has 0 saturated heterocycles. The average molecular weight is 344 g/mol. The zero-order valence-corrected chi connectivity index (χ0v) is 15.0. The van der Waals surface area contributed by atoms with Crippen molar-refractivity contribution in [1.82, 2.24) is 9.55 Å². The van der Waals surface area contributed by atoms with Crippen molar-refractivity contribution < 1.29 is 0 Å². The van der Waals surface area contributed by atoms with E-state index in [2.05, 4.69) is 96.4 Å². The van der Waals surface area contributed by atoms with E-state index in [1.165, 1.54) is 16.0 Å². The summed E-state index contributed by atoms with van der Waals surface area (Å²) in [5, 5.41) is 0. The molecule has 0 spiro atoms. The summed E-state index contributed by atoms with van der Waals surface area (Å²) < 4.78 is 2.38. The third kappa shape index (κ3) is 3.33. The van der Waals surface area contributed by atoms with Crippen molar-refractivity contribution in [1.29, 1.82) is 0 Å². The van der Waals surface area contributed by atoms with Gasteiger partial charge < -0.3 is 4.57 Å². The minimum atomic E-state index is 0.250. The summed E-state index contributed by atoms with van der Waals surface area (Å²) in [4.78, 5) is 6.19. The van der Waals surface area contributed by atoms with Crippen LogP contribution < -0.4 is 0 Å². The molecule has 0 saturated carbocycles. The molecule has 124 valence electrons. The van der Waals surface area contributed by atoms with Crippen LogP contribution in [-0.2, 0) is 5.75 Å². The first-order valence-corrected chi connectivity index (χ1v) is 9.50. The molecule has 0 aliphatic heterocycles. The molecule has 0 amide bonds. The van der Waals surface area contributed by atoms with Crippen LogP contribution in [0.3, 0.4) is 0 Å². The molecule has 1 heterocycles. The van der Waals surface area contributed by atoms with E-state index in [1.807, 2.05) is 11.8 Å². The lowest BCUT2D eigenvalue weighted by molar-refractivity contribution is 0.634. The second kappa shape index (κ2) is 7.16. The molecule has 3 aromatic carbocycles. The maximum atomic E-state index is 4.92. The summed E-state index contributed by atoms with van der Waals surface area (Å²) in [6.45, 7) is 2.25. The zero-order valence-electron chi connectivity index (χ0n) is 14.2. The van der Waals surface area contributed by atoms with E-state index in [1.54, 1.807) is 0 Å². The maximum absolute atomic E-state index is 4.92. The highest BCUT2D eigenvalue weighted by Gasteiger charge is 2.17. The van der Waals surface area contributed by atoms with Crippen LogP contribution >= 0.6 is 11.8 Å². The van der Waals surface area contributed by atoms with Crippen LogP contribution in [0.1, 0.15) is 24.4 Å². The second-order valence-corrected chi connectivity index (χ2v) is 7.12. The quantitative estimate of drug-likeness (QED) is 0.417. The number of thioether (sulfide) groups is 1. The van der Waals surface area contributed by atoms with Crippen LogP contribution in [0, 0.1) is 0 Å². The fourth-order valence-electron chi connectivity index (χ4n) is 3.17. The molecule has 0 N–H and O–H groups in total. The summed E-state index contributed by atoms with van der Waals surface area (Å²) in [7, 11) is 0. The number of benzene rings is 3. The van der Waals surface area contributed by atoms with Gasteiger partial charge in [-0.3, -0.25) is 0 Å². The van der Waals surface area contributed by atoms with Crippen molar-refractivity contribution in [2.75, 3.05) is 0 Å². The normalized spacial score (nSPS) is 12.4. The van der Waals surface area contributed by atoms with Crippen molar-refractivity contribution in [3.05, 3.63) is 96.3 Å². The molecule has 0 bridgehead atoms. The fraction of sp³-hybridized carbons (Fsp3) is 0.136.